The Morgan fingerprint density at radius 2 is 1.90 bits per heavy atom. The lowest BCUT2D eigenvalue weighted by Crippen LogP contribution is -2.10. The van der Waals surface area contributed by atoms with Crippen LogP contribution in [0.25, 0.3) is 0 Å². The minimum absolute atomic E-state index is 0.431. The number of benzene rings is 1. The summed E-state index contributed by atoms with van der Waals surface area (Å²) in [6, 6.07) is 4.42. The van der Waals surface area contributed by atoms with E-state index >= 15 is 0 Å². The molecule has 0 aliphatic rings. The summed E-state index contributed by atoms with van der Waals surface area (Å²) in [4.78, 5) is 0. The van der Waals surface area contributed by atoms with Crippen LogP contribution in [0.5, 0.6) is 0 Å². The van der Waals surface area contributed by atoms with E-state index in [-0.39, 0.29) is 0 Å². The lowest BCUT2D eigenvalue weighted by molar-refractivity contribution is 0.843. The largest absolute Gasteiger partial charge is 0.402 e. The number of nitrogens with two attached hydrogens (primary N) is 1. The van der Waals surface area contributed by atoms with E-state index in [1.54, 1.807) is 0 Å². The number of aryl methyl sites for hydroxylation is 1. The van der Waals surface area contributed by atoms with Crippen LogP contribution in [0.4, 0.5) is 0 Å². The van der Waals surface area contributed by atoms with Gasteiger partial charge in [-0.1, -0.05) is 33.1 Å². The highest BCUT2D eigenvalue weighted by Crippen LogP contribution is 2.25. The third kappa shape index (κ3) is 4.78. The van der Waals surface area contributed by atoms with Gasteiger partial charge in [0.15, 0.2) is 0 Å². The summed E-state index contributed by atoms with van der Waals surface area (Å²) in [6.07, 6.45) is 0.717. The highest BCUT2D eigenvalue weighted by molar-refractivity contribution is 6.00. The molecule has 1 rings (SSSR count). The van der Waals surface area contributed by atoms with Crippen LogP contribution >= 0.6 is 0 Å². The third-order valence-corrected chi connectivity index (χ3v) is 3.33. The van der Waals surface area contributed by atoms with E-state index in [9.17, 15) is 0 Å². The van der Waals surface area contributed by atoms with Gasteiger partial charge in [-0.2, -0.15) is 5.10 Å². The molecule has 0 fully saturated rings. The predicted molar refractivity (Wildman–Crippen MR) is 92.5 cm³/mol. The summed E-state index contributed by atoms with van der Waals surface area (Å²) in [5.74, 6) is 0.431. The van der Waals surface area contributed by atoms with E-state index in [1.165, 1.54) is 16.7 Å². The Morgan fingerprint density at radius 1 is 1.29 bits per heavy atom. The topological polar surface area (TPSA) is 50.4 Å². The van der Waals surface area contributed by atoms with Crippen LogP contribution in [0, 0.1) is 6.92 Å². The van der Waals surface area contributed by atoms with Crippen molar-refractivity contribution < 1.29 is 0 Å². The van der Waals surface area contributed by atoms with Crippen LogP contribution in [0.2, 0.25) is 0 Å². The fraction of sp³-hybridized carbons (Fsp3) is 0.389. The molecule has 0 heterocycles. The molecule has 0 spiro atoms. The van der Waals surface area contributed by atoms with Crippen molar-refractivity contribution in [2.45, 2.75) is 47.0 Å². The molecule has 0 saturated carbocycles. The number of nitrogens with zero attached hydrogens (tertiary/aromatic N) is 1. The number of rotatable bonds is 6. The van der Waals surface area contributed by atoms with Crippen LogP contribution in [-0.2, 0) is 6.42 Å². The Morgan fingerprint density at radius 3 is 2.38 bits per heavy atom. The first-order chi connectivity index (χ1) is 9.72. The highest BCUT2D eigenvalue weighted by Gasteiger charge is 2.12. The molecule has 0 amide bonds. The molecule has 1 aromatic carbocycles. The standard InChI is InChI=1S/C18H27N3/c1-11(2)17-10-18(15(7)21-20-12(3)4)13(5)8-16(17)9-14(6)19/h8,10-11,20H,3,6,9,19H2,1-2,4-5,7H3/b21-15+. The van der Waals surface area contributed by atoms with Gasteiger partial charge in [0.25, 0.3) is 0 Å². The Balaban J connectivity index is 3.29. The number of hydrogen-bond acceptors (Lipinski definition) is 3. The SMILES string of the molecule is C=C(N)Cc1cc(C)c(/C(C)=N/NC(=C)C)cc1C(C)C. The number of nitrogens with one attached hydrogen (secondary N) is 1. The van der Waals surface area contributed by atoms with E-state index in [4.69, 9.17) is 5.73 Å². The van der Waals surface area contributed by atoms with E-state index in [0.29, 0.717) is 11.6 Å². The molecular weight excluding hydrogens is 258 g/mol. The summed E-state index contributed by atoms with van der Waals surface area (Å²) in [6.45, 7) is 18.0. The predicted octanol–water partition coefficient (Wildman–Crippen LogP) is 3.98. The lowest BCUT2D eigenvalue weighted by Gasteiger charge is -2.17. The first-order valence-electron chi connectivity index (χ1n) is 7.25. The average Bonchev–Trinajstić information content (AvgIpc) is 2.34. The number of hydrazone groups is 1. The van der Waals surface area contributed by atoms with E-state index in [0.717, 1.165) is 23.4 Å². The summed E-state index contributed by atoms with van der Waals surface area (Å²) >= 11 is 0. The van der Waals surface area contributed by atoms with E-state index in [1.807, 2.05) is 13.8 Å². The van der Waals surface area contributed by atoms with Gasteiger partial charge in [0, 0.05) is 23.4 Å². The number of allylic oxidation sites excluding steroid dienone is 2. The molecule has 114 valence electrons. The molecular formula is C18H27N3. The van der Waals surface area contributed by atoms with E-state index in [2.05, 4.69) is 56.6 Å². The van der Waals surface area contributed by atoms with Crippen LogP contribution in [0.1, 0.15) is 55.9 Å². The lowest BCUT2D eigenvalue weighted by atomic mass is 9.89. The van der Waals surface area contributed by atoms with Gasteiger partial charge in [-0.05, 0) is 49.4 Å². The zero-order valence-corrected chi connectivity index (χ0v) is 13.9. The zero-order valence-electron chi connectivity index (χ0n) is 13.9. The zero-order chi connectivity index (χ0) is 16.2. The first-order valence-corrected chi connectivity index (χ1v) is 7.25. The second-order valence-electron chi connectivity index (χ2n) is 5.95. The molecule has 0 saturated heterocycles. The van der Waals surface area contributed by atoms with Gasteiger partial charge in [-0.3, -0.25) is 5.43 Å². The van der Waals surface area contributed by atoms with Crippen LogP contribution < -0.4 is 11.2 Å². The van der Waals surface area contributed by atoms with Crippen molar-refractivity contribution in [2.24, 2.45) is 10.8 Å². The Kier molecular flexibility index (Phi) is 5.77. The summed E-state index contributed by atoms with van der Waals surface area (Å²) in [7, 11) is 0. The molecule has 1 aromatic rings. The maximum atomic E-state index is 5.78. The smallest absolute Gasteiger partial charge is 0.0651 e. The molecule has 0 aliphatic heterocycles. The van der Waals surface area contributed by atoms with Crippen molar-refractivity contribution in [1.29, 1.82) is 0 Å². The quantitative estimate of drug-likeness (QED) is 0.613. The van der Waals surface area contributed by atoms with Gasteiger partial charge < -0.3 is 5.73 Å². The average molecular weight is 285 g/mol. The molecule has 0 aromatic heterocycles. The second-order valence-corrected chi connectivity index (χ2v) is 5.95. The van der Waals surface area contributed by atoms with Crippen LogP contribution in [-0.4, -0.2) is 5.71 Å². The third-order valence-electron chi connectivity index (χ3n) is 3.33. The van der Waals surface area contributed by atoms with Crippen molar-refractivity contribution in [3.05, 3.63) is 58.9 Å². The molecule has 3 nitrogen and oxygen atoms in total. The Bertz CT molecular complexity index is 580. The highest BCUT2D eigenvalue weighted by atomic mass is 15.3. The second kappa shape index (κ2) is 7.11. The summed E-state index contributed by atoms with van der Waals surface area (Å²) in [5.41, 5.74) is 16.1. The minimum atomic E-state index is 0.431. The maximum Gasteiger partial charge on any atom is 0.0651 e. The fourth-order valence-corrected chi connectivity index (χ4v) is 2.35. The van der Waals surface area contributed by atoms with Crippen molar-refractivity contribution in [3.63, 3.8) is 0 Å². The van der Waals surface area contributed by atoms with Gasteiger partial charge >= 0.3 is 0 Å². The Labute approximate surface area is 128 Å². The minimum Gasteiger partial charge on any atom is -0.402 e. The molecule has 0 unspecified atom stereocenters. The summed E-state index contributed by atoms with van der Waals surface area (Å²) in [5, 5.41) is 4.37. The monoisotopic (exact) mass is 285 g/mol. The first kappa shape index (κ1) is 17.0. The normalized spacial score (nSPS) is 11.6. The van der Waals surface area contributed by atoms with Gasteiger partial charge in [-0.15, -0.1) is 0 Å². The molecule has 3 heteroatoms. The maximum absolute atomic E-state index is 5.78. The fourth-order valence-electron chi connectivity index (χ4n) is 2.35. The molecule has 0 radical (unpaired) electrons. The van der Waals surface area contributed by atoms with Gasteiger partial charge in [0.2, 0.25) is 0 Å². The van der Waals surface area contributed by atoms with Crippen molar-refractivity contribution in [2.75, 3.05) is 0 Å². The summed E-state index contributed by atoms with van der Waals surface area (Å²) < 4.78 is 0. The Hall–Kier alpha value is -2.03. The van der Waals surface area contributed by atoms with Crippen molar-refractivity contribution >= 4 is 5.71 Å². The molecule has 0 aliphatic carbocycles. The van der Waals surface area contributed by atoms with Crippen molar-refractivity contribution in [1.82, 2.24) is 5.43 Å². The molecule has 0 atom stereocenters. The molecule has 3 N–H and O–H groups in total. The number of hydrogen-bond donors (Lipinski definition) is 2. The van der Waals surface area contributed by atoms with Crippen molar-refractivity contribution in [3.8, 4) is 0 Å². The van der Waals surface area contributed by atoms with Crippen LogP contribution in [0.15, 0.2) is 41.8 Å². The van der Waals surface area contributed by atoms with Gasteiger partial charge in [-0.25, -0.2) is 0 Å². The molecule has 0 bridgehead atoms. The van der Waals surface area contributed by atoms with Gasteiger partial charge in [0.1, 0.15) is 0 Å². The van der Waals surface area contributed by atoms with Crippen LogP contribution in [0.3, 0.4) is 0 Å². The van der Waals surface area contributed by atoms with Gasteiger partial charge in [0.05, 0.1) is 5.71 Å². The van der Waals surface area contributed by atoms with E-state index < -0.39 is 0 Å². The molecule has 21 heavy (non-hydrogen) atoms.